The van der Waals surface area contributed by atoms with Crippen LogP contribution in [0.5, 0.6) is 0 Å². The van der Waals surface area contributed by atoms with E-state index in [0.717, 1.165) is 49.6 Å². The molecule has 1 saturated heterocycles. The van der Waals surface area contributed by atoms with Gasteiger partial charge in [-0.25, -0.2) is 4.79 Å². The second-order valence-corrected chi connectivity index (χ2v) is 8.19. The summed E-state index contributed by atoms with van der Waals surface area (Å²) in [6.45, 7) is 9.19. The molecule has 8 heteroatoms. The van der Waals surface area contributed by atoms with Crippen LogP contribution in [0.3, 0.4) is 0 Å². The zero-order valence-electron chi connectivity index (χ0n) is 18.1. The highest BCUT2D eigenvalue weighted by atomic mass is 16.2. The van der Waals surface area contributed by atoms with Crippen LogP contribution in [-0.4, -0.2) is 41.4 Å². The van der Waals surface area contributed by atoms with Crippen molar-refractivity contribution in [3.8, 4) is 0 Å². The van der Waals surface area contributed by atoms with E-state index in [1.54, 1.807) is 12.1 Å². The van der Waals surface area contributed by atoms with Crippen LogP contribution >= 0.6 is 0 Å². The molecule has 3 rings (SSSR count). The first-order chi connectivity index (χ1) is 14.3. The third kappa shape index (κ3) is 5.52. The summed E-state index contributed by atoms with van der Waals surface area (Å²) in [6, 6.07) is 6.99. The average molecular weight is 413 g/mol. The quantitative estimate of drug-likeness (QED) is 0.650. The Morgan fingerprint density at radius 1 is 1.17 bits per heavy atom. The van der Waals surface area contributed by atoms with E-state index in [1.165, 1.54) is 6.42 Å². The number of hydrogen-bond donors (Lipinski definition) is 3. The van der Waals surface area contributed by atoms with E-state index in [0.29, 0.717) is 17.8 Å². The Morgan fingerprint density at radius 3 is 2.53 bits per heavy atom. The van der Waals surface area contributed by atoms with Crippen molar-refractivity contribution in [3.05, 3.63) is 41.2 Å². The van der Waals surface area contributed by atoms with Gasteiger partial charge in [0.1, 0.15) is 0 Å². The number of benzene rings is 1. The van der Waals surface area contributed by atoms with E-state index in [-0.39, 0.29) is 11.9 Å². The number of urea groups is 1. The minimum atomic E-state index is -0.512. The fourth-order valence-electron chi connectivity index (χ4n) is 3.85. The van der Waals surface area contributed by atoms with Gasteiger partial charge in [-0.2, -0.15) is 5.10 Å². The van der Waals surface area contributed by atoms with Crippen molar-refractivity contribution in [1.29, 1.82) is 0 Å². The van der Waals surface area contributed by atoms with Crippen LogP contribution in [-0.2, 0) is 6.54 Å². The predicted molar refractivity (Wildman–Crippen MR) is 119 cm³/mol. The summed E-state index contributed by atoms with van der Waals surface area (Å²) in [4.78, 5) is 26.4. The number of rotatable bonds is 7. The summed E-state index contributed by atoms with van der Waals surface area (Å²) in [7, 11) is 0. The minimum absolute atomic E-state index is 0.215. The molecular weight excluding hydrogens is 380 g/mol. The molecular formula is C22H32N6O2. The molecule has 1 aromatic carbocycles. The molecule has 3 amide bonds. The van der Waals surface area contributed by atoms with Crippen molar-refractivity contribution < 1.29 is 9.59 Å². The Labute approximate surface area is 177 Å². The number of piperidine rings is 1. The van der Waals surface area contributed by atoms with Crippen LogP contribution in [0, 0.1) is 19.8 Å². The van der Waals surface area contributed by atoms with Gasteiger partial charge in [-0.1, -0.05) is 6.92 Å². The second kappa shape index (κ2) is 9.65. The van der Waals surface area contributed by atoms with Gasteiger partial charge in [0.15, 0.2) is 0 Å². The molecule has 30 heavy (non-hydrogen) atoms. The number of anilines is 2. The number of hydrogen-bond acceptors (Lipinski definition) is 4. The highest BCUT2D eigenvalue weighted by Gasteiger charge is 2.18. The summed E-state index contributed by atoms with van der Waals surface area (Å²) in [5.74, 6) is -0.297. The fraction of sp³-hybridized carbons (Fsp3) is 0.500. The largest absolute Gasteiger partial charge is 0.370 e. The number of carbonyl (C=O) groups is 2. The third-order valence-corrected chi connectivity index (χ3v) is 5.43. The number of primary amides is 1. The third-order valence-electron chi connectivity index (χ3n) is 5.43. The summed E-state index contributed by atoms with van der Waals surface area (Å²) in [6.07, 6.45) is 3.45. The van der Waals surface area contributed by atoms with Crippen LogP contribution in [0.25, 0.3) is 0 Å². The SMILES string of the molecule is Cc1cc(C)n(CC(C)CNC(=O)Nc2cc(C(N)=O)ccc2N2CCCCC2)n1. The van der Waals surface area contributed by atoms with Gasteiger partial charge in [-0.05, 0) is 63.3 Å². The number of aryl methyl sites for hydroxylation is 2. The van der Waals surface area contributed by atoms with Gasteiger partial charge in [-0.15, -0.1) is 0 Å². The summed E-state index contributed by atoms with van der Waals surface area (Å²) in [5.41, 5.74) is 9.45. The Morgan fingerprint density at radius 2 is 1.90 bits per heavy atom. The fourth-order valence-corrected chi connectivity index (χ4v) is 3.85. The van der Waals surface area contributed by atoms with Crippen LogP contribution in [0.2, 0.25) is 0 Å². The van der Waals surface area contributed by atoms with Gasteiger partial charge in [0.05, 0.1) is 17.1 Å². The topological polar surface area (TPSA) is 105 Å². The molecule has 1 unspecified atom stereocenters. The molecule has 1 atom stereocenters. The van der Waals surface area contributed by atoms with Crippen molar-refractivity contribution in [2.24, 2.45) is 11.7 Å². The van der Waals surface area contributed by atoms with E-state index in [4.69, 9.17) is 5.73 Å². The highest BCUT2D eigenvalue weighted by molar-refractivity contribution is 5.98. The lowest BCUT2D eigenvalue weighted by atomic mass is 10.1. The summed E-state index contributed by atoms with van der Waals surface area (Å²) < 4.78 is 1.96. The van der Waals surface area contributed by atoms with Crippen molar-refractivity contribution in [3.63, 3.8) is 0 Å². The van der Waals surface area contributed by atoms with Crippen LogP contribution in [0.1, 0.15) is 47.9 Å². The number of carbonyl (C=O) groups excluding carboxylic acids is 2. The van der Waals surface area contributed by atoms with E-state index in [2.05, 4.69) is 27.6 Å². The van der Waals surface area contributed by atoms with Crippen molar-refractivity contribution in [2.45, 2.75) is 46.6 Å². The van der Waals surface area contributed by atoms with Gasteiger partial charge in [-0.3, -0.25) is 9.48 Å². The van der Waals surface area contributed by atoms with Gasteiger partial charge in [0.2, 0.25) is 5.91 Å². The Bertz CT molecular complexity index is 901. The zero-order valence-corrected chi connectivity index (χ0v) is 18.1. The molecule has 8 nitrogen and oxygen atoms in total. The number of aromatic nitrogens is 2. The maximum atomic E-state index is 12.6. The van der Waals surface area contributed by atoms with Crippen molar-refractivity contribution in [2.75, 3.05) is 29.9 Å². The lowest BCUT2D eigenvalue weighted by Gasteiger charge is -2.30. The lowest BCUT2D eigenvalue weighted by Crippen LogP contribution is -2.35. The molecule has 1 aromatic heterocycles. The first-order valence-corrected chi connectivity index (χ1v) is 10.6. The molecule has 162 valence electrons. The van der Waals surface area contributed by atoms with E-state index >= 15 is 0 Å². The minimum Gasteiger partial charge on any atom is -0.370 e. The maximum Gasteiger partial charge on any atom is 0.319 e. The highest BCUT2D eigenvalue weighted by Crippen LogP contribution is 2.29. The van der Waals surface area contributed by atoms with Gasteiger partial charge in [0.25, 0.3) is 0 Å². The molecule has 0 radical (unpaired) electrons. The van der Waals surface area contributed by atoms with E-state index < -0.39 is 5.91 Å². The first kappa shape index (κ1) is 21.7. The molecule has 0 aliphatic carbocycles. The van der Waals surface area contributed by atoms with Gasteiger partial charge in [0, 0.05) is 37.4 Å². The summed E-state index contributed by atoms with van der Waals surface area (Å²) >= 11 is 0. The number of amides is 3. The first-order valence-electron chi connectivity index (χ1n) is 10.6. The Balaban J connectivity index is 1.63. The maximum absolute atomic E-state index is 12.6. The van der Waals surface area contributed by atoms with Crippen LogP contribution in [0.4, 0.5) is 16.2 Å². The Kier molecular flexibility index (Phi) is 6.97. The second-order valence-electron chi connectivity index (χ2n) is 8.19. The standard InChI is InChI=1S/C22H32N6O2/c1-15(14-28-17(3)11-16(2)26-28)13-24-22(30)25-19-12-18(21(23)29)7-8-20(19)27-9-5-4-6-10-27/h7-8,11-12,15H,4-6,9-10,13-14H2,1-3H3,(H2,23,29)(H2,24,25,30). The molecule has 4 N–H and O–H groups in total. The van der Waals surface area contributed by atoms with Crippen molar-refractivity contribution >= 4 is 23.3 Å². The molecule has 0 spiro atoms. The Hall–Kier alpha value is -3.03. The average Bonchev–Trinajstić information content (AvgIpc) is 3.03. The molecule has 1 fully saturated rings. The van der Waals surface area contributed by atoms with Crippen molar-refractivity contribution in [1.82, 2.24) is 15.1 Å². The zero-order chi connectivity index (χ0) is 21.7. The monoisotopic (exact) mass is 412 g/mol. The smallest absolute Gasteiger partial charge is 0.319 e. The molecule has 0 bridgehead atoms. The molecule has 2 heterocycles. The number of nitrogens with zero attached hydrogens (tertiary/aromatic N) is 3. The summed E-state index contributed by atoms with van der Waals surface area (Å²) in [5, 5.41) is 10.3. The molecule has 1 aliphatic rings. The normalized spacial score (nSPS) is 15.0. The number of nitrogens with two attached hydrogens (primary N) is 1. The van der Waals surface area contributed by atoms with Crippen LogP contribution in [0.15, 0.2) is 24.3 Å². The molecule has 0 saturated carbocycles. The molecule has 2 aromatic rings. The van der Waals surface area contributed by atoms with E-state index in [1.807, 2.05) is 30.7 Å². The molecule has 1 aliphatic heterocycles. The predicted octanol–water partition coefficient (Wildman–Crippen LogP) is 3.05. The number of nitrogens with one attached hydrogen (secondary N) is 2. The lowest BCUT2D eigenvalue weighted by molar-refractivity contribution is 0.100. The van der Waals surface area contributed by atoms with Crippen LogP contribution < -0.4 is 21.3 Å². The van der Waals surface area contributed by atoms with E-state index in [9.17, 15) is 9.59 Å². The van der Waals surface area contributed by atoms with Gasteiger partial charge >= 0.3 is 6.03 Å². The van der Waals surface area contributed by atoms with Gasteiger partial charge < -0.3 is 21.3 Å².